The van der Waals surface area contributed by atoms with Gasteiger partial charge in [0.15, 0.2) is 5.16 Å². The molecule has 0 aromatic carbocycles. The Balaban J connectivity index is 3.02. The number of carboxylic acids is 1. The molecule has 1 N–H and O–H groups in total. The maximum Gasteiger partial charge on any atom is 0.313 e. The van der Waals surface area contributed by atoms with E-state index in [1.54, 1.807) is 0 Å². The lowest BCUT2D eigenvalue weighted by atomic mass is 10.1. The smallest absolute Gasteiger partial charge is 0.313 e. The first-order valence-corrected chi connectivity index (χ1v) is 7.85. The van der Waals surface area contributed by atoms with Crippen LogP contribution >= 0.6 is 11.8 Å². The van der Waals surface area contributed by atoms with E-state index >= 15 is 0 Å². The van der Waals surface area contributed by atoms with Crippen molar-refractivity contribution in [1.29, 1.82) is 0 Å². The largest absolute Gasteiger partial charge is 0.481 e. The Morgan fingerprint density at radius 2 is 2.10 bits per heavy atom. The molecule has 0 saturated heterocycles. The van der Waals surface area contributed by atoms with Gasteiger partial charge in [-0.15, -0.1) is 10.2 Å². The van der Waals surface area contributed by atoms with E-state index < -0.39 is 5.97 Å². The van der Waals surface area contributed by atoms with Gasteiger partial charge in [-0.1, -0.05) is 32.5 Å². The minimum Gasteiger partial charge on any atom is -0.481 e. The zero-order chi connectivity index (χ0) is 15.1. The molecule has 1 atom stereocenters. The number of hydrogen-bond acceptors (Lipinski definition) is 5. The van der Waals surface area contributed by atoms with Gasteiger partial charge in [0.1, 0.15) is 5.82 Å². The number of hydrogen-bond donors (Lipinski definition) is 1. The molecule has 0 bridgehead atoms. The Bertz CT molecular complexity index is 434. The van der Waals surface area contributed by atoms with Crippen LogP contribution in [-0.2, 0) is 16.0 Å². The molecule has 20 heavy (non-hydrogen) atoms. The van der Waals surface area contributed by atoms with Gasteiger partial charge < -0.3 is 14.4 Å². The third kappa shape index (κ3) is 4.49. The normalized spacial score (nSPS) is 12.8. The summed E-state index contributed by atoms with van der Waals surface area (Å²) in [6.07, 6.45) is 0.760. The van der Waals surface area contributed by atoms with E-state index in [1.807, 2.05) is 18.4 Å². The number of aromatic nitrogens is 3. The third-order valence-electron chi connectivity index (χ3n) is 2.97. The highest BCUT2D eigenvalue weighted by molar-refractivity contribution is 7.99. The molecule has 0 spiro atoms. The summed E-state index contributed by atoms with van der Waals surface area (Å²) in [7, 11) is 0. The molecule has 0 aliphatic rings. The van der Waals surface area contributed by atoms with Crippen molar-refractivity contribution in [3.63, 3.8) is 0 Å². The lowest BCUT2D eigenvalue weighted by Crippen LogP contribution is -2.23. The predicted octanol–water partition coefficient (Wildman–Crippen LogP) is 2.25. The SMILES string of the molecule is CCOCC(C(C)C)n1c(CC)nnc1SCC(=O)O. The van der Waals surface area contributed by atoms with E-state index in [-0.39, 0.29) is 11.8 Å². The molecule has 1 aromatic heterocycles. The average Bonchev–Trinajstić information content (AvgIpc) is 2.79. The lowest BCUT2D eigenvalue weighted by molar-refractivity contribution is -0.133. The highest BCUT2D eigenvalue weighted by atomic mass is 32.2. The quantitative estimate of drug-likeness (QED) is 0.705. The molecule has 0 aliphatic carbocycles. The fraction of sp³-hybridized carbons (Fsp3) is 0.769. The van der Waals surface area contributed by atoms with Crippen LogP contribution in [0.25, 0.3) is 0 Å². The molecular formula is C13H23N3O3S. The zero-order valence-corrected chi connectivity index (χ0v) is 13.3. The number of aryl methyl sites for hydroxylation is 1. The maximum atomic E-state index is 10.7. The monoisotopic (exact) mass is 301 g/mol. The van der Waals surface area contributed by atoms with Crippen molar-refractivity contribution in [2.75, 3.05) is 19.0 Å². The molecule has 7 heteroatoms. The first-order valence-electron chi connectivity index (χ1n) is 6.87. The predicted molar refractivity (Wildman–Crippen MR) is 78.1 cm³/mol. The minimum absolute atomic E-state index is 0.0126. The van der Waals surface area contributed by atoms with Crippen LogP contribution in [0.3, 0.4) is 0 Å². The van der Waals surface area contributed by atoms with Crippen LogP contribution < -0.4 is 0 Å². The molecule has 1 heterocycles. The van der Waals surface area contributed by atoms with Crippen LogP contribution in [0, 0.1) is 5.92 Å². The maximum absolute atomic E-state index is 10.7. The fourth-order valence-electron chi connectivity index (χ4n) is 1.91. The van der Waals surface area contributed by atoms with Crippen molar-refractivity contribution < 1.29 is 14.6 Å². The summed E-state index contributed by atoms with van der Waals surface area (Å²) in [6, 6.07) is 0.121. The first-order chi connectivity index (χ1) is 9.51. The number of rotatable bonds is 9. The van der Waals surface area contributed by atoms with Crippen LogP contribution in [0.4, 0.5) is 0 Å². The summed E-state index contributed by atoms with van der Waals surface area (Å²) in [6.45, 7) is 9.46. The van der Waals surface area contributed by atoms with E-state index in [0.717, 1.165) is 12.2 Å². The van der Waals surface area contributed by atoms with Gasteiger partial charge in [-0.2, -0.15) is 0 Å². The molecule has 0 saturated carbocycles. The highest BCUT2D eigenvalue weighted by Gasteiger charge is 2.23. The van der Waals surface area contributed by atoms with E-state index in [9.17, 15) is 4.79 Å². The second-order valence-electron chi connectivity index (χ2n) is 4.78. The van der Waals surface area contributed by atoms with Gasteiger partial charge in [-0.05, 0) is 12.8 Å². The molecule has 114 valence electrons. The summed E-state index contributed by atoms with van der Waals surface area (Å²) in [5, 5.41) is 17.8. The summed E-state index contributed by atoms with van der Waals surface area (Å²) < 4.78 is 7.59. The van der Waals surface area contributed by atoms with E-state index in [0.29, 0.717) is 24.3 Å². The number of nitrogens with zero attached hydrogens (tertiary/aromatic N) is 3. The van der Waals surface area contributed by atoms with Gasteiger partial charge >= 0.3 is 5.97 Å². The molecule has 0 fully saturated rings. The Labute approximate surface area is 123 Å². The Kier molecular flexibility index (Phi) is 7.01. The van der Waals surface area contributed by atoms with Gasteiger partial charge in [0.25, 0.3) is 0 Å². The summed E-state index contributed by atoms with van der Waals surface area (Å²) in [4.78, 5) is 10.7. The summed E-state index contributed by atoms with van der Waals surface area (Å²) >= 11 is 1.20. The van der Waals surface area contributed by atoms with E-state index in [2.05, 4.69) is 24.0 Å². The molecule has 1 unspecified atom stereocenters. The molecule has 1 rings (SSSR count). The van der Waals surface area contributed by atoms with Gasteiger partial charge in [-0.3, -0.25) is 4.79 Å². The Morgan fingerprint density at radius 3 is 2.60 bits per heavy atom. The van der Waals surface area contributed by atoms with Gasteiger partial charge in [0.2, 0.25) is 0 Å². The number of carbonyl (C=O) groups is 1. The molecule has 0 aliphatic heterocycles. The summed E-state index contributed by atoms with van der Waals surface area (Å²) in [5.41, 5.74) is 0. The Hall–Kier alpha value is -1.08. The third-order valence-corrected chi connectivity index (χ3v) is 3.90. The van der Waals surface area contributed by atoms with E-state index in [1.165, 1.54) is 11.8 Å². The standard InChI is InChI=1S/C13H23N3O3S/c1-5-11-14-15-13(20-8-12(17)18)16(11)10(9(3)4)7-19-6-2/h9-10H,5-8H2,1-4H3,(H,17,18). The van der Waals surface area contributed by atoms with Gasteiger partial charge in [-0.25, -0.2) is 0 Å². The van der Waals surface area contributed by atoms with Gasteiger partial charge in [0, 0.05) is 13.0 Å². The molecule has 0 radical (unpaired) electrons. The zero-order valence-electron chi connectivity index (χ0n) is 12.5. The van der Waals surface area contributed by atoms with Crippen LogP contribution in [0.2, 0.25) is 0 Å². The summed E-state index contributed by atoms with van der Waals surface area (Å²) in [5.74, 6) is 0.359. The number of ether oxygens (including phenoxy) is 1. The van der Waals surface area contributed by atoms with Crippen LogP contribution in [0.15, 0.2) is 5.16 Å². The molecule has 0 amide bonds. The van der Waals surface area contributed by atoms with Crippen molar-refractivity contribution in [3.05, 3.63) is 5.82 Å². The van der Waals surface area contributed by atoms with Gasteiger partial charge in [0.05, 0.1) is 18.4 Å². The second kappa shape index (κ2) is 8.26. The first kappa shape index (κ1) is 17.0. The van der Waals surface area contributed by atoms with E-state index in [4.69, 9.17) is 9.84 Å². The average molecular weight is 301 g/mol. The molecule has 1 aromatic rings. The molecular weight excluding hydrogens is 278 g/mol. The van der Waals surface area contributed by atoms with Crippen molar-refractivity contribution in [2.45, 2.75) is 45.3 Å². The second-order valence-corrected chi connectivity index (χ2v) is 5.72. The fourth-order valence-corrected chi connectivity index (χ4v) is 2.64. The van der Waals surface area contributed by atoms with Crippen molar-refractivity contribution in [3.8, 4) is 0 Å². The van der Waals surface area contributed by atoms with Crippen molar-refractivity contribution in [1.82, 2.24) is 14.8 Å². The highest BCUT2D eigenvalue weighted by Crippen LogP contribution is 2.27. The van der Waals surface area contributed by atoms with Crippen LogP contribution in [0.1, 0.15) is 39.6 Å². The van der Waals surface area contributed by atoms with Crippen molar-refractivity contribution >= 4 is 17.7 Å². The Morgan fingerprint density at radius 1 is 1.40 bits per heavy atom. The lowest BCUT2D eigenvalue weighted by Gasteiger charge is -2.24. The number of carboxylic acid groups (broad SMARTS) is 1. The molecule has 6 nitrogen and oxygen atoms in total. The number of thioether (sulfide) groups is 1. The van der Waals surface area contributed by atoms with Crippen molar-refractivity contribution in [2.24, 2.45) is 5.92 Å². The van der Waals surface area contributed by atoms with Crippen LogP contribution in [0.5, 0.6) is 0 Å². The van der Waals surface area contributed by atoms with Crippen LogP contribution in [-0.4, -0.2) is 44.8 Å². The minimum atomic E-state index is -0.853. The topological polar surface area (TPSA) is 77.2 Å². The number of aliphatic carboxylic acids is 1.